The van der Waals surface area contributed by atoms with E-state index in [1.165, 1.54) is 0 Å². The summed E-state index contributed by atoms with van der Waals surface area (Å²) in [6.45, 7) is 5.39. The van der Waals surface area contributed by atoms with Crippen LogP contribution in [0.5, 0.6) is 0 Å². The lowest BCUT2D eigenvalue weighted by Gasteiger charge is -2.42. The molecule has 1 aliphatic rings. The predicted molar refractivity (Wildman–Crippen MR) is 56.2 cm³/mol. The third-order valence-electron chi connectivity index (χ3n) is 3.16. The molecule has 1 fully saturated rings. The maximum atomic E-state index is 10.9. The van der Waals surface area contributed by atoms with E-state index in [1.54, 1.807) is 0 Å². The largest absolute Gasteiger partial charge is 0.481 e. The molecule has 0 amide bonds. The minimum Gasteiger partial charge on any atom is -0.481 e. The van der Waals surface area contributed by atoms with Crippen LogP contribution in [0.1, 0.15) is 26.7 Å². The highest BCUT2D eigenvalue weighted by Crippen LogP contribution is 2.32. The summed E-state index contributed by atoms with van der Waals surface area (Å²) < 4.78 is 0. The number of carboxylic acids is 1. The molecule has 3 unspecified atom stereocenters. The zero-order valence-corrected chi connectivity index (χ0v) is 9.31. The Kier molecular flexibility index (Phi) is 4.10. The highest BCUT2D eigenvalue weighted by atomic mass is 16.4. The quantitative estimate of drug-likeness (QED) is 0.743. The van der Waals surface area contributed by atoms with E-state index >= 15 is 0 Å². The van der Waals surface area contributed by atoms with Gasteiger partial charge in [0.25, 0.3) is 0 Å². The van der Waals surface area contributed by atoms with Crippen LogP contribution in [0, 0.1) is 23.2 Å². The summed E-state index contributed by atoms with van der Waals surface area (Å²) in [5.74, 6) is -0.954. The topological polar surface area (TPSA) is 64.3 Å². The fourth-order valence-corrected chi connectivity index (χ4v) is 2.10. The summed E-state index contributed by atoms with van der Waals surface area (Å²) in [4.78, 5) is 13.0. The lowest BCUT2D eigenvalue weighted by atomic mass is 9.78. The summed E-state index contributed by atoms with van der Waals surface area (Å²) in [5, 5.41) is 17.7. The molecule has 1 N–H and O–H groups in total. The summed E-state index contributed by atoms with van der Waals surface area (Å²) in [6, 6.07) is 2.33. The molecule has 1 rings (SSSR count). The average molecular weight is 210 g/mol. The first-order valence-corrected chi connectivity index (χ1v) is 5.46. The van der Waals surface area contributed by atoms with Crippen molar-refractivity contribution in [3.63, 3.8) is 0 Å². The van der Waals surface area contributed by atoms with E-state index in [4.69, 9.17) is 10.4 Å². The molecular formula is C11H18N2O2. The normalized spacial score (nSPS) is 26.8. The molecule has 3 atom stereocenters. The third kappa shape index (κ3) is 2.69. The predicted octanol–water partition coefficient (Wildman–Crippen LogP) is 1.33. The molecule has 0 aliphatic heterocycles. The van der Waals surface area contributed by atoms with Gasteiger partial charge in [-0.15, -0.1) is 0 Å². The molecule has 84 valence electrons. The average Bonchev–Trinajstić information content (AvgIpc) is 2.13. The molecule has 0 heterocycles. The van der Waals surface area contributed by atoms with Crippen LogP contribution in [0.3, 0.4) is 0 Å². The van der Waals surface area contributed by atoms with E-state index in [1.807, 2.05) is 13.8 Å². The second kappa shape index (κ2) is 5.13. The van der Waals surface area contributed by atoms with Gasteiger partial charge in [-0.05, 0) is 26.3 Å². The van der Waals surface area contributed by atoms with Crippen LogP contribution in [0.15, 0.2) is 0 Å². The van der Waals surface area contributed by atoms with Crippen molar-refractivity contribution in [2.24, 2.45) is 11.8 Å². The van der Waals surface area contributed by atoms with Gasteiger partial charge < -0.3 is 5.11 Å². The Bertz CT molecular complexity index is 272. The molecule has 0 aromatic heterocycles. The minimum atomic E-state index is -0.700. The SMILES string of the molecule is CCN(CC(C)C#N)C1CCC1C(=O)O. The van der Waals surface area contributed by atoms with Crippen molar-refractivity contribution in [2.75, 3.05) is 13.1 Å². The van der Waals surface area contributed by atoms with Crippen molar-refractivity contribution < 1.29 is 9.90 Å². The first-order chi connectivity index (χ1) is 7.10. The molecule has 0 aromatic rings. The lowest BCUT2D eigenvalue weighted by molar-refractivity contribution is -0.149. The maximum Gasteiger partial charge on any atom is 0.308 e. The molecule has 1 aliphatic carbocycles. The van der Waals surface area contributed by atoms with Gasteiger partial charge in [-0.1, -0.05) is 6.92 Å². The van der Waals surface area contributed by atoms with Gasteiger partial charge in [0.2, 0.25) is 0 Å². The Morgan fingerprint density at radius 3 is 2.67 bits per heavy atom. The number of hydrogen-bond donors (Lipinski definition) is 1. The van der Waals surface area contributed by atoms with Crippen molar-refractivity contribution in [1.29, 1.82) is 5.26 Å². The van der Waals surface area contributed by atoms with E-state index in [-0.39, 0.29) is 17.9 Å². The van der Waals surface area contributed by atoms with Crippen LogP contribution in [-0.4, -0.2) is 35.1 Å². The Labute approximate surface area is 90.5 Å². The molecule has 15 heavy (non-hydrogen) atoms. The second-order valence-electron chi connectivity index (χ2n) is 4.21. The molecule has 4 heteroatoms. The van der Waals surface area contributed by atoms with Crippen LogP contribution in [0.25, 0.3) is 0 Å². The van der Waals surface area contributed by atoms with Gasteiger partial charge in [-0.3, -0.25) is 9.69 Å². The van der Waals surface area contributed by atoms with E-state index in [2.05, 4.69) is 11.0 Å². The molecule has 0 aromatic carbocycles. The highest BCUT2D eigenvalue weighted by molar-refractivity contribution is 5.72. The Hall–Kier alpha value is -1.08. The van der Waals surface area contributed by atoms with Crippen molar-refractivity contribution in [2.45, 2.75) is 32.7 Å². The molecule has 1 saturated carbocycles. The zero-order chi connectivity index (χ0) is 11.4. The molecule has 4 nitrogen and oxygen atoms in total. The number of carboxylic acid groups (broad SMARTS) is 1. The van der Waals surface area contributed by atoms with Crippen LogP contribution in [0.2, 0.25) is 0 Å². The number of hydrogen-bond acceptors (Lipinski definition) is 3. The van der Waals surface area contributed by atoms with Gasteiger partial charge in [-0.25, -0.2) is 0 Å². The highest BCUT2D eigenvalue weighted by Gasteiger charge is 2.39. The van der Waals surface area contributed by atoms with Crippen molar-refractivity contribution in [3.05, 3.63) is 0 Å². The Morgan fingerprint density at radius 2 is 2.33 bits per heavy atom. The number of aliphatic carboxylic acids is 1. The summed E-state index contributed by atoms with van der Waals surface area (Å²) in [7, 11) is 0. The summed E-state index contributed by atoms with van der Waals surface area (Å²) >= 11 is 0. The van der Waals surface area contributed by atoms with Crippen molar-refractivity contribution in [1.82, 2.24) is 4.90 Å². The first kappa shape index (κ1) is 12.0. The standard InChI is InChI=1S/C11H18N2O2/c1-3-13(7-8(2)6-12)10-5-4-9(10)11(14)15/h8-10H,3-5,7H2,1-2H3,(H,14,15). The van der Waals surface area contributed by atoms with Crippen molar-refractivity contribution >= 4 is 5.97 Å². The van der Waals surface area contributed by atoms with Gasteiger partial charge in [0.15, 0.2) is 0 Å². The smallest absolute Gasteiger partial charge is 0.308 e. The van der Waals surface area contributed by atoms with Crippen LogP contribution >= 0.6 is 0 Å². The number of nitrogens with zero attached hydrogens (tertiary/aromatic N) is 2. The minimum absolute atomic E-state index is 0.0278. The monoisotopic (exact) mass is 210 g/mol. The third-order valence-corrected chi connectivity index (χ3v) is 3.16. The zero-order valence-electron chi connectivity index (χ0n) is 9.31. The number of rotatable bonds is 5. The van der Waals surface area contributed by atoms with E-state index in [9.17, 15) is 4.79 Å². The lowest BCUT2D eigenvalue weighted by Crippen LogP contribution is -2.51. The molecule has 0 saturated heterocycles. The van der Waals surface area contributed by atoms with E-state index in [0.717, 1.165) is 19.4 Å². The Balaban J connectivity index is 2.52. The first-order valence-electron chi connectivity index (χ1n) is 5.46. The molecule has 0 bridgehead atoms. The van der Waals surface area contributed by atoms with Gasteiger partial charge >= 0.3 is 5.97 Å². The molecule has 0 spiro atoms. The fourth-order valence-electron chi connectivity index (χ4n) is 2.10. The fraction of sp³-hybridized carbons (Fsp3) is 0.818. The van der Waals surface area contributed by atoms with Gasteiger partial charge in [-0.2, -0.15) is 5.26 Å². The molecule has 0 radical (unpaired) electrons. The van der Waals surface area contributed by atoms with Gasteiger partial charge in [0, 0.05) is 12.6 Å². The van der Waals surface area contributed by atoms with Gasteiger partial charge in [0.05, 0.1) is 17.9 Å². The second-order valence-corrected chi connectivity index (χ2v) is 4.21. The Morgan fingerprint density at radius 1 is 1.67 bits per heavy atom. The number of nitriles is 1. The van der Waals surface area contributed by atoms with Crippen LogP contribution in [-0.2, 0) is 4.79 Å². The van der Waals surface area contributed by atoms with E-state index in [0.29, 0.717) is 6.54 Å². The summed E-state index contributed by atoms with van der Waals surface area (Å²) in [6.07, 6.45) is 1.72. The molecular weight excluding hydrogens is 192 g/mol. The van der Waals surface area contributed by atoms with Gasteiger partial charge in [0.1, 0.15) is 0 Å². The van der Waals surface area contributed by atoms with E-state index < -0.39 is 5.97 Å². The number of carbonyl (C=O) groups is 1. The van der Waals surface area contributed by atoms with Crippen molar-refractivity contribution in [3.8, 4) is 6.07 Å². The van der Waals surface area contributed by atoms with Crippen LogP contribution in [0.4, 0.5) is 0 Å². The summed E-state index contributed by atoms with van der Waals surface area (Å²) in [5.41, 5.74) is 0. The maximum absolute atomic E-state index is 10.9. The van der Waals surface area contributed by atoms with Crippen LogP contribution < -0.4 is 0 Å².